The Kier molecular flexibility index (Phi) is 3.59. The smallest absolute Gasteiger partial charge is 0.406 e. The maximum absolute atomic E-state index is 11.9. The molecule has 1 heterocycles. The quantitative estimate of drug-likeness (QED) is 0.703. The molecule has 2 rings (SSSR count). The number of benzene rings is 1. The summed E-state index contributed by atoms with van der Waals surface area (Å²) in [5, 5.41) is 5.38. The molecule has 1 aromatic carbocycles. The van der Waals surface area contributed by atoms with E-state index in [0.717, 1.165) is 12.1 Å². The maximum atomic E-state index is 11.9. The molecular weight excluding hydrogens is 263 g/mol. The zero-order valence-corrected chi connectivity index (χ0v) is 9.67. The van der Waals surface area contributed by atoms with Gasteiger partial charge in [0.1, 0.15) is 18.8 Å². The van der Waals surface area contributed by atoms with Gasteiger partial charge in [0.15, 0.2) is 0 Å². The van der Waals surface area contributed by atoms with Crippen molar-refractivity contribution in [3.63, 3.8) is 0 Å². The first kappa shape index (κ1) is 13.2. The van der Waals surface area contributed by atoms with E-state index >= 15 is 0 Å². The molecule has 1 amide bonds. The van der Waals surface area contributed by atoms with E-state index in [4.69, 9.17) is 0 Å². The third-order valence-corrected chi connectivity index (χ3v) is 2.30. The fraction of sp³-hybridized carbons (Fsp3) is 0.273. The number of nitrogens with one attached hydrogen (secondary N) is 3. The summed E-state index contributed by atoms with van der Waals surface area (Å²) in [6.07, 6.45) is -4.72. The maximum Gasteiger partial charge on any atom is 0.573 e. The van der Waals surface area contributed by atoms with Gasteiger partial charge in [-0.2, -0.15) is 0 Å². The summed E-state index contributed by atoms with van der Waals surface area (Å²) < 4.78 is 39.6. The average Bonchev–Trinajstić information content (AvgIpc) is 2.83. The molecule has 0 saturated carbocycles. The van der Waals surface area contributed by atoms with E-state index in [1.807, 2.05) is 0 Å². The summed E-state index contributed by atoms with van der Waals surface area (Å²) in [4.78, 5) is 14.5. The fourth-order valence-electron chi connectivity index (χ4n) is 1.53. The molecule has 1 aliphatic rings. The predicted octanol–water partition coefficient (Wildman–Crippen LogP) is -0.394. The van der Waals surface area contributed by atoms with Crippen LogP contribution in [0.25, 0.3) is 0 Å². The fourth-order valence-corrected chi connectivity index (χ4v) is 1.53. The van der Waals surface area contributed by atoms with Crippen LogP contribution in [0.1, 0.15) is 0 Å². The van der Waals surface area contributed by atoms with Crippen molar-refractivity contribution in [3.8, 4) is 5.75 Å². The molecule has 0 radical (unpaired) electrons. The number of hydrogen-bond donors (Lipinski definition) is 3. The molecule has 0 unspecified atom stereocenters. The second-order valence-corrected chi connectivity index (χ2v) is 3.75. The molecule has 1 aromatic rings. The lowest BCUT2D eigenvalue weighted by molar-refractivity contribution is -0.443. The van der Waals surface area contributed by atoms with Crippen molar-refractivity contribution in [1.82, 2.24) is 5.32 Å². The lowest BCUT2D eigenvalue weighted by atomic mass is 10.3. The summed E-state index contributed by atoms with van der Waals surface area (Å²) in [5.41, 5.74) is 0.377. The Morgan fingerprint density at radius 2 is 2.00 bits per heavy atom. The number of amidine groups is 1. The van der Waals surface area contributed by atoms with Crippen LogP contribution in [0.2, 0.25) is 0 Å². The Morgan fingerprint density at radius 3 is 2.53 bits per heavy atom. The van der Waals surface area contributed by atoms with Gasteiger partial charge in [0.05, 0.1) is 0 Å². The summed E-state index contributed by atoms with van der Waals surface area (Å²) in [6, 6.07) is 4.91. The van der Waals surface area contributed by atoms with Crippen molar-refractivity contribution in [2.75, 3.05) is 18.4 Å². The molecular formula is C11H11F3N3O2+. The first-order valence-electron chi connectivity index (χ1n) is 5.46. The van der Waals surface area contributed by atoms with E-state index in [0.29, 0.717) is 24.6 Å². The second-order valence-electron chi connectivity index (χ2n) is 3.75. The molecule has 8 heteroatoms. The molecule has 0 aliphatic carbocycles. The van der Waals surface area contributed by atoms with Crippen molar-refractivity contribution < 1.29 is 27.7 Å². The highest BCUT2D eigenvalue weighted by molar-refractivity contribution is 6.40. The van der Waals surface area contributed by atoms with Gasteiger partial charge in [-0.15, -0.1) is 13.2 Å². The first-order chi connectivity index (χ1) is 8.94. The van der Waals surface area contributed by atoms with Gasteiger partial charge < -0.3 is 10.1 Å². The number of ether oxygens (including phenoxy) is 1. The molecule has 19 heavy (non-hydrogen) atoms. The minimum absolute atomic E-state index is 0.338. The van der Waals surface area contributed by atoms with Crippen LogP contribution >= 0.6 is 0 Å². The Labute approximate surface area is 106 Å². The number of halogens is 3. The third-order valence-electron chi connectivity index (χ3n) is 2.30. The summed E-state index contributed by atoms with van der Waals surface area (Å²) in [6.45, 7) is 1.31. The summed E-state index contributed by atoms with van der Waals surface area (Å²) in [7, 11) is 0. The molecule has 3 N–H and O–H groups in total. The van der Waals surface area contributed by atoms with Crippen LogP contribution in [0.3, 0.4) is 0 Å². The van der Waals surface area contributed by atoms with Crippen molar-refractivity contribution in [2.45, 2.75) is 6.36 Å². The standard InChI is InChI=1S/C11H10F3N3O2/c12-11(13,14)19-8-3-1-7(2-4-8)17-10(18)9-15-5-6-16-9/h1-4H,5-6H2,(H,15,16)(H,17,18)/p+1. The van der Waals surface area contributed by atoms with Crippen LogP contribution in [0.5, 0.6) is 5.75 Å². The molecule has 1 aliphatic heterocycles. The first-order valence-corrected chi connectivity index (χ1v) is 5.46. The Hall–Kier alpha value is -2.25. The minimum atomic E-state index is -4.72. The number of rotatable bonds is 3. The van der Waals surface area contributed by atoms with Crippen molar-refractivity contribution >= 4 is 17.4 Å². The molecule has 0 atom stereocenters. The van der Waals surface area contributed by atoms with Gasteiger partial charge in [-0.1, -0.05) is 0 Å². The van der Waals surface area contributed by atoms with E-state index in [1.54, 1.807) is 0 Å². The van der Waals surface area contributed by atoms with Gasteiger partial charge in [0.25, 0.3) is 0 Å². The molecule has 0 fully saturated rings. The highest BCUT2D eigenvalue weighted by Crippen LogP contribution is 2.23. The van der Waals surface area contributed by atoms with Gasteiger partial charge in [-0.05, 0) is 24.3 Å². The van der Waals surface area contributed by atoms with E-state index in [9.17, 15) is 18.0 Å². The van der Waals surface area contributed by atoms with Crippen LogP contribution in [0.4, 0.5) is 18.9 Å². The number of hydrogen-bond acceptors (Lipinski definition) is 3. The third kappa shape index (κ3) is 3.87. The van der Waals surface area contributed by atoms with Crippen molar-refractivity contribution in [2.24, 2.45) is 0 Å². The topological polar surface area (TPSA) is 64.3 Å². The van der Waals surface area contributed by atoms with Crippen LogP contribution in [-0.2, 0) is 4.79 Å². The molecule has 0 saturated heterocycles. The molecule has 0 aromatic heterocycles. The number of alkyl halides is 3. The highest BCUT2D eigenvalue weighted by Gasteiger charge is 2.31. The molecule has 5 nitrogen and oxygen atoms in total. The van der Waals surface area contributed by atoms with Gasteiger partial charge in [-0.25, -0.2) is 0 Å². The van der Waals surface area contributed by atoms with Crippen LogP contribution in [0, 0.1) is 0 Å². The zero-order valence-electron chi connectivity index (χ0n) is 9.67. The Morgan fingerprint density at radius 1 is 1.32 bits per heavy atom. The SMILES string of the molecule is O=C(Nc1ccc(OC(F)(F)F)cc1)C1=[NH+]CCN1. The summed E-state index contributed by atoms with van der Waals surface area (Å²) >= 11 is 0. The van der Waals surface area contributed by atoms with Crippen molar-refractivity contribution in [3.05, 3.63) is 24.3 Å². The molecule has 0 spiro atoms. The zero-order chi connectivity index (χ0) is 13.9. The van der Waals surface area contributed by atoms with E-state index in [-0.39, 0.29) is 11.7 Å². The molecule has 102 valence electrons. The van der Waals surface area contributed by atoms with Gasteiger partial charge >= 0.3 is 18.1 Å². The van der Waals surface area contributed by atoms with Crippen LogP contribution in [-0.4, -0.2) is 31.2 Å². The normalized spacial score (nSPS) is 14.6. The van der Waals surface area contributed by atoms with E-state index in [1.165, 1.54) is 12.1 Å². The predicted molar refractivity (Wildman–Crippen MR) is 60.6 cm³/mol. The lowest BCUT2D eigenvalue weighted by Gasteiger charge is -2.09. The Bertz CT molecular complexity index is 497. The number of anilines is 1. The van der Waals surface area contributed by atoms with Gasteiger partial charge in [0, 0.05) is 5.69 Å². The number of carbonyl (C=O) groups is 1. The van der Waals surface area contributed by atoms with Crippen LogP contribution in [0.15, 0.2) is 24.3 Å². The number of amides is 1. The number of carbonyl (C=O) groups excluding carboxylic acids is 1. The average molecular weight is 274 g/mol. The molecule has 0 bridgehead atoms. The lowest BCUT2D eigenvalue weighted by Crippen LogP contribution is -2.73. The van der Waals surface area contributed by atoms with Gasteiger partial charge in [0.2, 0.25) is 0 Å². The largest absolute Gasteiger partial charge is 0.573 e. The Balaban J connectivity index is 1.97. The highest BCUT2D eigenvalue weighted by atomic mass is 19.4. The second kappa shape index (κ2) is 5.17. The summed E-state index contributed by atoms with van der Waals surface area (Å²) in [5.74, 6) is -0.368. The monoisotopic (exact) mass is 274 g/mol. The van der Waals surface area contributed by atoms with Crippen molar-refractivity contribution in [1.29, 1.82) is 0 Å². The van der Waals surface area contributed by atoms with Gasteiger partial charge in [-0.3, -0.25) is 15.1 Å². The van der Waals surface area contributed by atoms with Crippen LogP contribution < -0.4 is 20.4 Å². The van der Waals surface area contributed by atoms with E-state index in [2.05, 4.69) is 20.4 Å². The minimum Gasteiger partial charge on any atom is -0.406 e. The van der Waals surface area contributed by atoms with E-state index < -0.39 is 6.36 Å².